The number of hydrogen-bond acceptors (Lipinski definition) is 2. The lowest BCUT2D eigenvalue weighted by Gasteiger charge is -2.09. The zero-order valence-corrected chi connectivity index (χ0v) is 12.3. The second-order valence-corrected chi connectivity index (χ2v) is 6.24. The fourth-order valence-corrected chi connectivity index (χ4v) is 2.62. The molecule has 0 saturated heterocycles. The van der Waals surface area contributed by atoms with Gasteiger partial charge >= 0.3 is 6.18 Å². The van der Waals surface area contributed by atoms with Gasteiger partial charge in [0.15, 0.2) is 0 Å². The van der Waals surface area contributed by atoms with Gasteiger partial charge in [0.2, 0.25) is 0 Å². The third kappa shape index (κ3) is 3.73. The van der Waals surface area contributed by atoms with Crippen LogP contribution in [0.4, 0.5) is 13.2 Å². The molecule has 0 N–H and O–H groups in total. The first-order valence-electron chi connectivity index (χ1n) is 6.23. The molecule has 2 aromatic rings. The lowest BCUT2D eigenvalue weighted by Crippen LogP contribution is -2.09. The molecule has 0 atom stereocenters. The molecule has 0 aliphatic carbocycles. The van der Waals surface area contributed by atoms with Gasteiger partial charge in [0.25, 0.3) is 10.0 Å². The molecule has 2 rings (SSSR count). The number of hydrogen-bond donors (Lipinski definition) is 0. The van der Waals surface area contributed by atoms with Crippen molar-refractivity contribution in [2.24, 2.45) is 4.40 Å². The Balaban J connectivity index is 2.38. The van der Waals surface area contributed by atoms with Crippen LogP contribution >= 0.6 is 0 Å². The molecule has 0 saturated carbocycles. The average Bonchev–Trinajstić information content (AvgIpc) is 2.45. The van der Waals surface area contributed by atoms with Gasteiger partial charge in [-0.3, -0.25) is 0 Å². The first-order valence-corrected chi connectivity index (χ1v) is 7.67. The molecule has 0 radical (unpaired) electrons. The van der Waals surface area contributed by atoms with Gasteiger partial charge in [0.1, 0.15) is 0 Å². The predicted molar refractivity (Wildman–Crippen MR) is 77.4 cm³/mol. The van der Waals surface area contributed by atoms with E-state index in [1.807, 2.05) is 0 Å². The number of benzene rings is 2. The van der Waals surface area contributed by atoms with E-state index in [2.05, 4.69) is 4.40 Å². The number of halogens is 3. The summed E-state index contributed by atoms with van der Waals surface area (Å²) >= 11 is 0. The van der Waals surface area contributed by atoms with Crippen molar-refractivity contribution in [2.75, 3.05) is 0 Å². The van der Waals surface area contributed by atoms with E-state index in [1.165, 1.54) is 24.3 Å². The van der Waals surface area contributed by atoms with Crippen LogP contribution in [-0.2, 0) is 16.2 Å². The van der Waals surface area contributed by atoms with Gasteiger partial charge in [-0.2, -0.15) is 26.0 Å². The molecule has 22 heavy (non-hydrogen) atoms. The summed E-state index contributed by atoms with van der Waals surface area (Å²) in [5, 5.41) is 0. The summed E-state index contributed by atoms with van der Waals surface area (Å²) in [4.78, 5) is -0.0705. The third-order valence-electron chi connectivity index (χ3n) is 2.92. The zero-order chi connectivity index (χ0) is 16.4. The molecule has 0 bridgehead atoms. The minimum atomic E-state index is -4.57. The van der Waals surface area contributed by atoms with E-state index in [4.69, 9.17) is 0 Å². The summed E-state index contributed by atoms with van der Waals surface area (Å²) < 4.78 is 65.8. The van der Waals surface area contributed by atoms with Crippen molar-refractivity contribution in [3.63, 3.8) is 0 Å². The average molecular weight is 327 g/mol. The molecule has 0 unspecified atom stereocenters. The third-order valence-corrected chi connectivity index (χ3v) is 4.17. The summed E-state index contributed by atoms with van der Waals surface area (Å²) in [6, 6.07) is 10.5. The van der Waals surface area contributed by atoms with Crippen molar-refractivity contribution in [1.82, 2.24) is 0 Å². The lowest BCUT2D eigenvalue weighted by atomic mass is 10.1. The highest BCUT2D eigenvalue weighted by Gasteiger charge is 2.32. The Morgan fingerprint density at radius 2 is 1.59 bits per heavy atom. The standard InChI is InChI=1S/C15H12F3NO2S/c1-11-6-8-13(9-7-11)22(20,21)19-10-12-4-2-3-5-14(12)15(16,17)18/h2-10H,1H3/b19-10+. The Labute approximate surface area is 126 Å². The highest BCUT2D eigenvalue weighted by atomic mass is 32.2. The van der Waals surface area contributed by atoms with Crippen molar-refractivity contribution in [3.05, 3.63) is 65.2 Å². The van der Waals surface area contributed by atoms with Crippen molar-refractivity contribution in [3.8, 4) is 0 Å². The maximum Gasteiger partial charge on any atom is 0.417 e. The highest BCUT2D eigenvalue weighted by molar-refractivity contribution is 7.90. The van der Waals surface area contributed by atoms with Crippen LogP contribution < -0.4 is 0 Å². The van der Waals surface area contributed by atoms with Crippen molar-refractivity contribution < 1.29 is 21.6 Å². The zero-order valence-electron chi connectivity index (χ0n) is 11.5. The molecule has 0 aliphatic rings. The topological polar surface area (TPSA) is 46.5 Å². The van der Waals surface area contributed by atoms with Crippen LogP contribution in [0.25, 0.3) is 0 Å². The number of aryl methyl sites for hydroxylation is 1. The smallest absolute Gasteiger partial charge is 0.199 e. The van der Waals surface area contributed by atoms with Crippen LogP contribution in [0.3, 0.4) is 0 Å². The van der Waals surface area contributed by atoms with Crippen LogP contribution in [0.1, 0.15) is 16.7 Å². The Kier molecular flexibility index (Phi) is 4.37. The predicted octanol–water partition coefficient (Wildman–Crippen LogP) is 3.82. The molecule has 0 spiro atoms. The van der Waals surface area contributed by atoms with E-state index in [0.717, 1.165) is 23.9 Å². The molecule has 0 aliphatic heterocycles. The van der Waals surface area contributed by atoms with E-state index in [9.17, 15) is 21.6 Å². The van der Waals surface area contributed by atoms with Gasteiger partial charge in [0.05, 0.1) is 10.5 Å². The normalized spacial score (nSPS) is 12.7. The Bertz CT molecular complexity index is 794. The molecular weight excluding hydrogens is 315 g/mol. The second kappa shape index (κ2) is 5.92. The quantitative estimate of drug-likeness (QED) is 0.805. The molecule has 0 fully saturated rings. The van der Waals surface area contributed by atoms with E-state index in [1.54, 1.807) is 19.1 Å². The van der Waals surface area contributed by atoms with Crippen molar-refractivity contribution in [1.29, 1.82) is 0 Å². The molecule has 2 aromatic carbocycles. The van der Waals surface area contributed by atoms with Gasteiger partial charge in [-0.1, -0.05) is 35.9 Å². The molecule has 3 nitrogen and oxygen atoms in total. The van der Waals surface area contributed by atoms with E-state index < -0.39 is 21.8 Å². The first-order chi connectivity index (χ1) is 10.2. The van der Waals surface area contributed by atoms with E-state index >= 15 is 0 Å². The van der Waals surface area contributed by atoms with Crippen LogP contribution in [0.5, 0.6) is 0 Å². The monoisotopic (exact) mass is 327 g/mol. The Morgan fingerprint density at radius 1 is 1.00 bits per heavy atom. The van der Waals surface area contributed by atoms with Crippen LogP contribution in [0.2, 0.25) is 0 Å². The van der Waals surface area contributed by atoms with E-state index in [-0.39, 0.29) is 10.5 Å². The maximum atomic E-state index is 12.8. The van der Waals surface area contributed by atoms with Gasteiger partial charge in [-0.05, 0) is 25.1 Å². The summed E-state index contributed by atoms with van der Waals surface area (Å²) in [5.41, 5.74) is -0.367. The minimum Gasteiger partial charge on any atom is -0.199 e. The minimum absolute atomic E-state index is 0.0705. The number of alkyl halides is 3. The SMILES string of the molecule is Cc1ccc(S(=O)(=O)/N=C/c2ccccc2C(F)(F)F)cc1. The van der Waals surface area contributed by atoms with Gasteiger partial charge in [0, 0.05) is 11.8 Å². The van der Waals surface area contributed by atoms with Gasteiger partial charge < -0.3 is 0 Å². The first kappa shape index (κ1) is 16.2. The number of sulfonamides is 1. The molecule has 116 valence electrons. The van der Waals surface area contributed by atoms with Crippen LogP contribution in [0, 0.1) is 6.92 Å². The maximum absolute atomic E-state index is 12.8. The second-order valence-electron chi connectivity index (χ2n) is 4.61. The fourth-order valence-electron chi connectivity index (χ4n) is 1.77. The molecule has 0 heterocycles. The molecular formula is C15H12F3NO2S. The number of nitrogens with zero attached hydrogens (tertiary/aromatic N) is 1. The van der Waals surface area contributed by atoms with Crippen LogP contribution in [-0.4, -0.2) is 14.6 Å². The van der Waals surface area contributed by atoms with Gasteiger partial charge in [-0.15, -0.1) is 0 Å². The largest absolute Gasteiger partial charge is 0.417 e. The molecule has 0 aromatic heterocycles. The summed E-state index contributed by atoms with van der Waals surface area (Å²) in [7, 11) is -4.04. The highest BCUT2D eigenvalue weighted by Crippen LogP contribution is 2.31. The Morgan fingerprint density at radius 3 is 2.18 bits per heavy atom. The van der Waals surface area contributed by atoms with Crippen molar-refractivity contribution >= 4 is 16.2 Å². The lowest BCUT2D eigenvalue weighted by molar-refractivity contribution is -0.137. The Hall–Kier alpha value is -2.15. The molecule has 7 heteroatoms. The van der Waals surface area contributed by atoms with Crippen LogP contribution in [0.15, 0.2) is 57.8 Å². The van der Waals surface area contributed by atoms with Gasteiger partial charge in [-0.25, -0.2) is 0 Å². The number of rotatable bonds is 3. The fraction of sp³-hybridized carbons (Fsp3) is 0.133. The molecule has 0 amide bonds. The summed E-state index contributed by atoms with van der Waals surface area (Å²) in [6.45, 7) is 1.79. The summed E-state index contributed by atoms with van der Waals surface area (Å²) in [6.07, 6.45) is -3.85. The van der Waals surface area contributed by atoms with Crippen molar-refractivity contribution in [2.45, 2.75) is 18.0 Å². The van der Waals surface area contributed by atoms with E-state index in [0.29, 0.717) is 0 Å². The summed E-state index contributed by atoms with van der Waals surface area (Å²) in [5.74, 6) is 0.